The molecule has 0 saturated carbocycles. The van der Waals surface area contributed by atoms with E-state index in [4.69, 9.17) is 14.9 Å². The number of aromatic nitrogens is 3. The minimum absolute atomic E-state index is 0.00588. The highest BCUT2D eigenvalue weighted by molar-refractivity contribution is 5.81. The lowest BCUT2D eigenvalue weighted by Gasteiger charge is -2.28. The van der Waals surface area contributed by atoms with Crippen LogP contribution in [0.15, 0.2) is 60.7 Å². The second kappa shape index (κ2) is 7.52. The predicted octanol–water partition coefficient (Wildman–Crippen LogP) is 6.69. The normalized spacial score (nSPS) is 12.4. The van der Waals surface area contributed by atoms with Crippen molar-refractivity contribution in [2.24, 2.45) is 0 Å². The van der Waals surface area contributed by atoms with E-state index in [0.717, 1.165) is 33.6 Å². The first-order valence-electron chi connectivity index (χ1n) is 10.7. The molecule has 0 atom stereocenters. The molecule has 4 nitrogen and oxygen atoms in total. The van der Waals surface area contributed by atoms with Crippen LogP contribution in [0.1, 0.15) is 52.7 Å². The number of benzene rings is 3. The van der Waals surface area contributed by atoms with Gasteiger partial charge in [0.15, 0.2) is 0 Å². The molecule has 4 rings (SSSR count). The quantitative estimate of drug-likeness (QED) is 0.375. The van der Waals surface area contributed by atoms with Gasteiger partial charge >= 0.3 is 0 Å². The molecule has 0 radical (unpaired) electrons. The van der Waals surface area contributed by atoms with Gasteiger partial charge in [-0.05, 0) is 45.7 Å². The second-order valence-electron chi connectivity index (χ2n) is 10.1. The Labute approximate surface area is 184 Å². The fourth-order valence-electron chi connectivity index (χ4n) is 3.80. The van der Waals surface area contributed by atoms with E-state index >= 15 is 0 Å². The van der Waals surface area contributed by atoms with Gasteiger partial charge in [0.2, 0.25) is 0 Å². The summed E-state index contributed by atoms with van der Waals surface area (Å²) in [4.78, 5) is 1.72. The first-order valence-corrected chi connectivity index (χ1v) is 10.7. The topological polar surface area (TPSA) is 39.9 Å². The number of nitrogens with zero attached hydrogens (tertiary/aromatic N) is 3. The van der Waals surface area contributed by atoms with E-state index < -0.39 is 0 Å². The minimum atomic E-state index is -0.0750. The van der Waals surface area contributed by atoms with E-state index in [-0.39, 0.29) is 10.8 Å². The fraction of sp³-hybridized carbons (Fsp3) is 0.333. The van der Waals surface area contributed by atoms with Crippen molar-refractivity contribution in [3.05, 3.63) is 71.8 Å². The van der Waals surface area contributed by atoms with Crippen LogP contribution in [-0.2, 0) is 10.8 Å². The highest BCUT2D eigenvalue weighted by atomic mass is 16.5. The summed E-state index contributed by atoms with van der Waals surface area (Å²) in [6.07, 6.45) is 0. The lowest BCUT2D eigenvalue weighted by Crippen LogP contribution is -2.19. The molecule has 3 aromatic carbocycles. The van der Waals surface area contributed by atoms with Crippen LogP contribution in [0.4, 0.5) is 0 Å². The maximum absolute atomic E-state index is 5.91. The zero-order valence-electron chi connectivity index (χ0n) is 19.5. The van der Waals surface area contributed by atoms with Crippen molar-refractivity contribution < 1.29 is 4.74 Å². The van der Waals surface area contributed by atoms with Crippen molar-refractivity contribution in [2.45, 2.75) is 52.4 Å². The van der Waals surface area contributed by atoms with Crippen LogP contribution in [0.3, 0.4) is 0 Å². The predicted molar refractivity (Wildman–Crippen MR) is 128 cm³/mol. The molecule has 0 amide bonds. The Kier molecular flexibility index (Phi) is 5.12. The van der Waals surface area contributed by atoms with E-state index in [2.05, 4.69) is 77.9 Å². The third-order valence-electron chi connectivity index (χ3n) is 5.65. The van der Waals surface area contributed by atoms with Crippen LogP contribution < -0.4 is 4.74 Å². The molecular weight excluding hydrogens is 382 g/mol. The Hall–Kier alpha value is -3.14. The summed E-state index contributed by atoms with van der Waals surface area (Å²) >= 11 is 0. The van der Waals surface area contributed by atoms with Gasteiger partial charge in [0, 0.05) is 5.56 Å². The molecule has 0 unspecified atom stereocenters. The molecule has 0 aliphatic rings. The number of ether oxygens (including phenoxy) is 1. The van der Waals surface area contributed by atoms with Gasteiger partial charge < -0.3 is 4.74 Å². The summed E-state index contributed by atoms with van der Waals surface area (Å²) in [6, 6.07) is 21.0. The Balaban J connectivity index is 1.92. The third kappa shape index (κ3) is 4.07. The first kappa shape index (κ1) is 21.1. The van der Waals surface area contributed by atoms with Crippen LogP contribution >= 0.6 is 0 Å². The molecule has 0 saturated heterocycles. The highest BCUT2D eigenvalue weighted by Crippen LogP contribution is 2.40. The summed E-state index contributed by atoms with van der Waals surface area (Å²) in [5.74, 6) is 0.823. The monoisotopic (exact) mass is 413 g/mol. The van der Waals surface area contributed by atoms with Crippen molar-refractivity contribution in [2.75, 3.05) is 7.11 Å². The lowest BCUT2D eigenvalue weighted by molar-refractivity contribution is 0.392. The van der Waals surface area contributed by atoms with E-state index in [9.17, 15) is 0 Å². The van der Waals surface area contributed by atoms with Gasteiger partial charge in [0.25, 0.3) is 0 Å². The van der Waals surface area contributed by atoms with E-state index in [0.29, 0.717) is 0 Å². The molecule has 4 heteroatoms. The highest BCUT2D eigenvalue weighted by Gasteiger charge is 2.27. The summed E-state index contributed by atoms with van der Waals surface area (Å²) in [7, 11) is 1.72. The molecule has 0 aliphatic carbocycles. The standard InChI is InChI=1S/C27H31N3O/c1-26(2,3)20-16-21(27(4,5)6)25(31-7)24(17-20)30-28-22-14-13-19(15-23(22)29-30)18-11-9-8-10-12-18/h8-17H,1-7H3. The van der Waals surface area contributed by atoms with Crippen LogP contribution in [0.25, 0.3) is 27.8 Å². The number of rotatable bonds is 3. The van der Waals surface area contributed by atoms with Gasteiger partial charge in [0.05, 0.1) is 7.11 Å². The Bertz CT molecular complexity index is 1230. The largest absolute Gasteiger partial charge is 0.494 e. The molecule has 0 N–H and O–H groups in total. The van der Waals surface area contributed by atoms with Crippen LogP contribution in [0, 0.1) is 0 Å². The Morgan fingerprint density at radius 1 is 0.710 bits per heavy atom. The molecule has 4 aromatic rings. The van der Waals surface area contributed by atoms with Crippen molar-refractivity contribution >= 4 is 11.0 Å². The zero-order valence-corrected chi connectivity index (χ0v) is 19.5. The lowest BCUT2D eigenvalue weighted by atomic mass is 9.79. The van der Waals surface area contributed by atoms with Gasteiger partial charge in [-0.15, -0.1) is 15.0 Å². The van der Waals surface area contributed by atoms with Gasteiger partial charge in [-0.3, -0.25) is 0 Å². The van der Waals surface area contributed by atoms with Gasteiger partial charge in [-0.1, -0.05) is 84.0 Å². The van der Waals surface area contributed by atoms with E-state index in [1.54, 1.807) is 11.9 Å². The van der Waals surface area contributed by atoms with Crippen molar-refractivity contribution in [1.29, 1.82) is 0 Å². The van der Waals surface area contributed by atoms with Gasteiger partial charge in [-0.25, -0.2) is 0 Å². The summed E-state index contributed by atoms with van der Waals surface area (Å²) in [5, 5.41) is 9.65. The SMILES string of the molecule is COc1c(-n2nc3ccc(-c4ccccc4)cc3n2)cc(C(C)(C)C)cc1C(C)(C)C. The molecule has 1 heterocycles. The number of hydrogen-bond acceptors (Lipinski definition) is 3. The van der Waals surface area contributed by atoms with Crippen LogP contribution in [0.5, 0.6) is 5.75 Å². The van der Waals surface area contributed by atoms with Crippen LogP contribution in [-0.4, -0.2) is 22.1 Å². The summed E-state index contributed by atoms with van der Waals surface area (Å²) in [6.45, 7) is 13.3. The third-order valence-corrected chi connectivity index (χ3v) is 5.65. The Morgan fingerprint density at radius 2 is 1.39 bits per heavy atom. The van der Waals surface area contributed by atoms with E-state index in [1.165, 1.54) is 11.1 Å². The van der Waals surface area contributed by atoms with E-state index in [1.807, 2.05) is 24.3 Å². The Morgan fingerprint density at radius 3 is 2.00 bits per heavy atom. The average Bonchev–Trinajstić information content (AvgIpc) is 3.15. The smallest absolute Gasteiger partial charge is 0.150 e. The minimum Gasteiger partial charge on any atom is -0.494 e. The van der Waals surface area contributed by atoms with Gasteiger partial charge in [-0.2, -0.15) is 0 Å². The van der Waals surface area contributed by atoms with Crippen molar-refractivity contribution in [3.63, 3.8) is 0 Å². The number of fused-ring (bicyclic) bond motifs is 1. The van der Waals surface area contributed by atoms with Crippen molar-refractivity contribution in [3.8, 4) is 22.6 Å². The molecular formula is C27H31N3O. The molecule has 31 heavy (non-hydrogen) atoms. The zero-order chi connectivity index (χ0) is 22.4. The molecule has 0 aliphatic heterocycles. The second-order valence-corrected chi connectivity index (χ2v) is 10.1. The molecule has 1 aromatic heterocycles. The molecule has 0 fully saturated rings. The maximum atomic E-state index is 5.91. The fourth-order valence-corrected chi connectivity index (χ4v) is 3.80. The summed E-state index contributed by atoms with van der Waals surface area (Å²) in [5.41, 5.74) is 7.21. The maximum Gasteiger partial charge on any atom is 0.150 e. The van der Waals surface area contributed by atoms with Gasteiger partial charge in [0.1, 0.15) is 22.5 Å². The van der Waals surface area contributed by atoms with Crippen LogP contribution in [0.2, 0.25) is 0 Å². The number of hydrogen-bond donors (Lipinski definition) is 0. The molecule has 0 spiro atoms. The molecule has 0 bridgehead atoms. The molecule has 160 valence electrons. The summed E-state index contributed by atoms with van der Waals surface area (Å²) < 4.78 is 5.91. The number of methoxy groups -OCH3 is 1. The average molecular weight is 414 g/mol. The van der Waals surface area contributed by atoms with Crippen molar-refractivity contribution in [1.82, 2.24) is 15.0 Å². The first-order chi connectivity index (χ1) is 14.6.